The van der Waals surface area contributed by atoms with Crippen LogP contribution in [0.5, 0.6) is 0 Å². The molecule has 1 aromatic carbocycles. The van der Waals surface area contributed by atoms with E-state index in [9.17, 15) is 4.39 Å². The predicted octanol–water partition coefficient (Wildman–Crippen LogP) is 3.27. The largest absolute Gasteiger partial charge is 0.372 e. The minimum atomic E-state index is -0.667. The molecule has 1 aromatic rings. The number of hydrogen-bond donors (Lipinski definition) is 0. The van der Waals surface area contributed by atoms with Gasteiger partial charge < -0.3 is 14.4 Å². The second-order valence-electron chi connectivity index (χ2n) is 4.35. The Hall–Kier alpha value is -1.13. The molecule has 0 amide bonds. The van der Waals surface area contributed by atoms with Crippen LogP contribution in [0.15, 0.2) is 12.1 Å². The monoisotopic (exact) mass is 255 g/mol. The summed E-state index contributed by atoms with van der Waals surface area (Å²) in [5.74, 6) is -0.264. The summed E-state index contributed by atoms with van der Waals surface area (Å²) in [6, 6.07) is 3.69. The first-order valence-corrected chi connectivity index (χ1v) is 6.12. The maximum absolute atomic E-state index is 14.5. The topological polar surface area (TPSA) is 21.7 Å². The van der Waals surface area contributed by atoms with Crippen molar-refractivity contribution in [3.63, 3.8) is 0 Å². The lowest BCUT2D eigenvalue weighted by atomic mass is 10.1. The molecule has 18 heavy (non-hydrogen) atoms. The number of rotatable bonds is 6. The molecular formula is C14H22FNO2. The summed E-state index contributed by atoms with van der Waals surface area (Å²) in [6.07, 6.45) is 0.303. The number of aryl methyl sites for hydroxylation is 1. The molecule has 0 unspecified atom stereocenters. The van der Waals surface area contributed by atoms with Gasteiger partial charge in [-0.25, -0.2) is 4.39 Å². The van der Waals surface area contributed by atoms with Crippen molar-refractivity contribution in [2.24, 2.45) is 0 Å². The highest BCUT2D eigenvalue weighted by Crippen LogP contribution is 2.30. The van der Waals surface area contributed by atoms with Crippen molar-refractivity contribution in [3.8, 4) is 0 Å². The highest BCUT2D eigenvalue weighted by atomic mass is 19.1. The summed E-state index contributed by atoms with van der Waals surface area (Å²) < 4.78 is 24.9. The zero-order valence-electron chi connectivity index (χ0n) is 11.8. The van der Waals surface area contributed by atoms with Gasteiger partial charge in [-0.2, -0.15) is 0 Å². The average molecular weight is 255 g/mol. The van der Waals surface area contributed by atoms with Gasteiger partial charge in [0.15, 0.2) is 12.1 Å². The fourth-order valence-electron chi connectivity index (χ4n) is 2.05. The molecule has 0 aliphatic carbocycles. The molecule has 0 fully saturated rings. The van der Waals surface area contributed by atoms with E-state index in [1.54, 1.807) is 6.07 Å². The zero-order valence-corrected chi connectivity index (χ0v) is 11.8. The van der Waals surface area contributed by atoms with Crippen molar-refractivity contribution >= 4 is 5.69 Å². The van der Waals surface area contributed by atoms with Gasteiger partial charge in [0.05, 0.1) is 5.69 Å². The molecule has 0 aliphatic rings. The molecule has 0 N–H and O–H groups in total. The highest BCUT2D eigenvalue weighted by molar-refractivity contribution is 5.52. The van der Waals surface area contributed by atoms with Crippen LogP contribution < -0.4 is 4.90 Å². The van der Waals surface area contributed by atoms with Gasteiger partial charge in [0.2, 0.25) is 0 Å². The third kappa shape index (κ3) is 3.00. The highest BCUT2D eigenvalue weighted by Gasteiger charge is 2.21. The fourth-order valence-corrected chi connectivity index (χ4v) is 2.05. The van der Waals surface area contributed by atoms with Crippen LogP contribution in [0.1, 0.15) is 30.8 Å². The molecule has 102 valence electrons. The van der Waals surface area contributed by atoms with Crippen LogP contribution in [-0.2, 0) is 9.47 Å². The van der Waals surface area contributed by atoms with E-state index in [2.05, 4.69) is 6.92 Å². The van der Waals surface area contributed by atoms with Gasteiger partial charge in [-0.05, 0) is 25.0 Å². The van der Waals surface area contributed by atoms with E-state index in [4.69, 9.17) is 9.47 Å². The van der Waals surface area contributed by atoms with E-state index in [-0.39, 0.29) is 5.82 Å². The van der Waals surface area contributed by atoms with Crippen molar-refractivity contribution in [2.75, 3.05) is 32.7 Å². The lowest BCUT2D eigenvalue weighted by Crippen LogP contribution is -2.21. The Bertz CT molecular complexity index is 392. The Kier molecular flexibility index (Phi) is 5.56. The quantitative estimate of drug-likeness (QED) is 0.728. The zero-order chi connectivity index (χ0) is 13.7. The van der Waals surface area contributed by atoms with Crippen LogP contribution in [-0.4, -0.2) is 27.8 Å². The van der Waals surface area contributed by atoms with Gasteiger partial charge in [-0.3, -0.25) is 0 Å². The van der Waals surface area contributed by atoms with Gasteiger partial charge in [0.25, 0.3) is 0 Å². The maximum atomic E-state index is 14.5. The molecule has 4 heteroatoms. The van der Waals surface area contributed by atoms with E-state index < -0.39 is 6.29 Å². The maximum Gasteiger partial charge on any atom is 0.186 e. The van der Waals surface area contributed by atoms with E-state index >= 15 is 0 Å². The van der Waals surface area contributed by atoms with Crippen LogP contribution >= 0.6 is 0 Å². The summed E-state index contributed by atoms with van der Waals surface area (Å²) >= 11 is 0. The molecule has 0 saturated heterocycles. The van der Waals surface area contributed by atoms with Crippen molar-refractivity contribution in [2.45, 2.75) is 26.6 Å². The van der Waals surface area contributed by atoms with Crippen LogP contribution in [0.2, 0.25) is 0 Å². The fraction of sp³-hybridized carbons (Fsp3) is 0.571. The molecule has 1 rings (SSSR count). The molecule has 0 saturated carbocycles. The van der Waals surface area contributed by atoms with E-state index in [0.29, 0.717) is 11.3 Å². The van der Waals surface area contributed by atoms with E-state index in [0.717, 1.165) is 18.5 Å². The minimum absolute atomic E-state index is 0.264. The molecule has 0 radical (unpaired) electrons. The third-order valence-corrected chi connectivity index (χ3v) is 3.01. The summed E-state index contributed by atoms with van der Waals surface area (Å²) in [7, 11) is 4.90. The molecule has 3 nitrogen and oxygen atoms in total. The van der Waals surface area contributed by atoms with Gasteiger partial charge >= 0.3 is 0 Å². The summed E-state index contributed by atoms with van der Waals surface area (Å²) in [6.45, 7) is 4.73. The minimum Gasteiger partial charge on any atom is -0.372 e. The molecule has 0 aromatic heterocycles. The second-order valence-corrected chi connectivity index (χ2v) is 4.35. The standard InChI is InChI=1S/C14H22FNO2/c1-6-9-16(3)11-8-7-10(2)12(13(11)15)14(17-4)18-5/h7-8,14H,6,9H2,1-5H3. The van der Waals surface area contributed by atoms with Gasteiger partial charge in [0.1, 0.15) is 0 Å². The van der Waals surface area contributed by atoms with E-state index in [1.807, 2.05) is 24.9 Å². The summed E-state index contributed by atoms with van der Waals surface area (Å²) in [4.78, 5) is 1.90. The molecule has 0 atom stereocenters. The Labute approximate surface area is 109 Å². The smallest absolute Gasteiger partial charge is 0.186 e. The first-order valence-electron chi connectivity index (χ1n) is 6.12. The lowest BCUT2D eigenvalue weighted by molar-refractivity contribution is -0.108. The van der Waals surface area contributed by atoms with Crippen molar-refractivity contribution < 1.29 is 13.9 Å². The Morgan fingerprint density at radius 3 is 2.39 bits per heavy atom. The predicted molar refractivity (Wildman–Crippen MR) is 71.5 cm³/mol. The summed E-state index contributed by atoms with van der Waals surface area (Å²) in [5, 5.41) is 0. The molecule has 0 bridgehead atoms. The number of benzene rings is 1. The van der Waals surface area contributed by atoms with Crippen LogP contribution in [0.4, 0.5) is 10.1 Å². The van der Waals surface area contributed by atoms with Gasteiger partial charge in [-0.15, -0.1) is 0 Å². The SMILES string of the molecule is CCCN(C)c1ccc(C)c(C(OC)OC)c1F. The van der Waals surface area contributed by atoms with Crippen molar-refractivity contribution in [1.82, 2.24) is 0 Å². The Morgan fingerprint density at radius 2 is 1.89 bits per heavy atom. The first-order chi connectivity index (χ1) is 8.56. The summed E-state index contributed by atoms with van der Waals surface area (Å²) in [5.41, 5.74) is 1.88. The molecule has 0 heterocycles. The van der Waals surface area contributed by atoms with Gasteiger partial charge in [0, 0.05) is 33.4 Å². The number of hydrogen-bond acceptors (Lipinski definition) is 3. The van der Waals surface area contributed by atoms with Crippen molar-refractivity contribution in [1.29, 1.82) is 0 Å². The second kappa shape index (κ2) is 6.71. The van der Waals surface area contributed by atoms with Gasteiger partial charge in [-0.1, -0.05) is 13.0 Å². The number of nitrogens with zero attached hydrogens (tertiary/aromatic N) is 1. The number of ether oxygens (including phenoxy) is 2. The number of anilines is 1. The third-order valence-electron chi connectivity index (χ3n) is 3.01. The van der Waals surface area contributed by atoms with Crippen LogP contribution in [0, 0.1) is 12.7 Å². The lowest BCUT2D eigenvalue weighted by Gasteiger charge is -2.23. The number of methoxy groups -OCH3 is 2. The Balaban J connectivity index is 3.21. The normalized spacial score (nSPS) is 11.1. The molecular weight excluding hydrogens is 233 g/mol. The molecule has 0 spiro atoms. The first kappa shape index (κ1) is 14.9. The molecule has 0 aliphatic heterocycles. The average Bonchev–Trinajstić information content (AvgIpc) is 2.34. The number of halogens is 1. The van der Waals surface area contributed by atoms with Crippen LogP contribution in [0.25, 0.3) is 0 Å². The van der Waals surface area contributed by atoms with Crippen molar-refractivity contribution in [3.05, 3.63) is 29.1 Å². The van der Waals surface area contributed by atoms with E-state index in [1.165, 1.54) is 14.2 Å². The Morgan fingerprint density at radius 1 is 1.28 bits per heavy atom. The van der Waals surface area contributed by atoms with Crippen LogP contribution in [0.3, 0.4) is 0 Å².